The molecule has 1 aliphatic heterocycles. The Morgan fingerprint density at radius 2 is 2.15 bits per heavy atom. The Kier molecular flexibility index (Phi) is 7.06. The van der Waals surface area contributed by atoms with Crippen molar-refractivity contribution in [2.75, 3.05) is 25.0 Å². The van der Waals surface area contributed by atoms with E-state index in [1.807, 2.05) is 0 Å². The summed E-state index contributed by atoms with van der Waals surface area (Å²) in [7, 11) is 0. The van der Waals surface area contributed by atoms with Crippen molar-refractivity contribution in [1.29, 1.82) is 0 Å². The van der Waals surface area contributed by atoms with Gasteiger partial charge in [0.15, 0.2) is 0 Å². The second-order valence-corrected chi connectivity index (χ2v) is 5.49. The number of nitrogens with two attached hydrogens (primary N) is 1. The highest BCUT2D eigenvalue weighted by Gasteiger charge is 2.24. The number of carbonyl (C=O) groups excluding carboxylic acids is 1. The van der Waals surface area contributed by atoms with E-state index in [9.17, 15) is 4.79 Å². The number of anilines is 1. The van der Waals surface area contributed by atoms with Crippen molar-refractivity contribution in [3.63, 3.8) is 0 Å². The molecule has 1 amide bonds. The molecule has 1 heterocycles. The first-order chi connectivity index (χ1) is 9.10. The minimum Gasteiger partial charge on any atom is -0.329 e. The number of hydrogen-bond acceptors (Lipinski definition) is 3. The Morgan fingerprint density at radius 1 is 1.40 bits per heavy atom. The van der Waals surface area contributed by atoms with E-state index < -0.39 is 0 Å². The normalized spacial score (nSPS) is 18.6. The molecule has 1 unspecified atom stereocenters. The molecule has 2 rings (SSSR count). The number of likely N-dealkylation sites (tertiary alicyclic amines) is 1. The molecular weight excluding hydrogens is 321 g/mol. The molecule has 112 valence electrons. The predicted molar refractivity (Wildman–Crippen MR) is 86.0 cm³/mol. The van der Waals surface area contributed by atoms with Crippen LogP contribution in [-0.2, 0) is 4.79 Å². The van der Waals surface area contributed by atoms with Crippen LogP contribution in [0.5, 0.6) is 0 Å². The average molecular weight is 339 g/mol. The van der Waals surface area contributed by atoms with E-state index >= 15 is 0 Å². The molecular formula is C13H18Cl3N3O. The molecule has 7 heteroatoms. The highest BCUT2D eigenvalue weighted by atomic mass is 35.5. The second-order valence-electron chi connectivity index (χ2n) is 4.68. The van der Waals surface area contributed by atoms with Crippen molar-refractivity contribution in [3.8, 4) is 0 Å². The summed E-state index contributed by atoms with van der Waals surface area (Å²) in [6, 6.07) is 5.36. The lowest BCUT2D eigenvalue weighted by atomic mass is 10.2. The van der Waals surface area contributed by atoms with Crippen LogP contribution in [0.15, 0.2) is 18.2 Å². The fourth-order valence-electron chi connectivity index (χ4n) is 2.33. The van der Waals surface area contributed by atoms with Crippen molar-refractivity contribution >= 4 is 47.2 Å². The highest BCUT2D eigenvalue weighted by Crippen LogP contribution is 2.25. The summed E-state index contributed by atoms with van der Waals surface area (Å²) >= 11 is 11.7. The van der Waals surface area contributed by atoms with Gasteiger partial charge in [0.2, 0.25) is 5.91 Å². The van der Waals surface area contributed by atoms with Crippen LogP contribution in [0.2, 0.25) is 10.0 Å². The summed E-state index contributed by atoms with van der Waals surface area (Å²) in [6.45, 7) is 1.89. The average Bonchev–Trinajstić information content (AvgIpc) is 2.81. The highest BCUT2D eigenvalue weighted by molar-refractivity contribution is 6.42. The molecule has 1 atom stereocenters. The standard InChI is InChI=1S/C13H17Cl2N3O.ClH/c14-11-4-3-9(6-12(11)15)17-13(19)8-18-5-1-2-10(18)7-16;/h3-4,6,10H,1-2,5,7-8,16H2,(H,17,19);1H. The van der Waals surface area contributed by atoms with Gasteiger partial charge in [-0.25, -0.2) is 0 Å². The van der Waals surface area contributed by atoms with Gasteiger partial charge in [-0.15, -0.1) is 12.4 Å². The van der Waals surface area contributed by atoms with Crippen LogP contribution >= 0.6 is 35.6 Å². The van der Waals surface area contributed by atoms with Crippen LogP contribution < -0.4 is 11.1 Å². The van der Waals surface area contributed by atoms with Crippen molar-refractivity contribution in [3.05, 3.63) is 28.2 Å². The van der Waals surface area contributed by atoms with Gasteiger partial charge >= 0.3 is 0 Å². The van der Waals surface area contributed by atoms with Crippen LogP contribution in [0.25, 0.3) is 0 Å². The first kappa shape index (κ1) is 17.5. The lowest BCUT2D eigenvalue weighted by Gasteiger charge is -2.22. The molecule has 0 saturated carbocycles. The smallest absolute Gasteiger partial charge is 0.238 e. The number of nitrogens with one attached hydrogen (secondary N) is 1. The summed E-state index contributed by atoms with van der Waals surface area (Å²) in [6.07, 6.45) is 2.17. The SMILES string of the molecule is Cl.NCC1CCCN1CC(=O)Nc1ccc(Cl)c(Cl)c1. The topological polar surface area (TPSA) is 58.4 Å². The molecule has 1 aromatic rings. The van der Waals surface area contributed by atoms with E-state index in [1.54, 1.807) is 18.2 Å². The molecule has 1 saturated heterocycles. The van der Waals surface area contributed by atoms with E-state index in [0.29, 0.717) is 34.9 Å². The molecule has 1 aliphatic rings. The fourth-order valence-corrected chi connectivity index (χ4v) is 2.63. The second kappa shape index (κ2) is 8.05. The fraction of sp³-hybridized carbons (Fsp3) is 0.462. The largest absolute Gasteiger partial charge is 0.329 e. The van der Waals surface area contributed by atoms with Gasteiger partial charge in [0.25, 0.3) is 0 Å². The molecule has 0 spiro atoms. The van der Waals surface area contributed by atoms with Gasteiger partial charge in [-0.1, -0.05) is 23.2 Å². The monoisotopic (exact) mass is 337 g/mol. The number of halogens is 3. The number of hydrogen-bond donors (Lipinski definition) is 2. The number of amides is 1. The molecule has 1 fully saturated rings. The maximum atomic E-state index is 12.0. The van der Waals surface area contributed by atoms with Crippen LogP contribution in [0, 0.1) is 0 Å². The Labute approximate surface area is 135 Å². The Balaban J connectivity index is 0.00000200. The van der Waals surface area contributed by atoms with Gasteiger partial charge in [-0.3, -0.25) is 9.69 Å². The first-order valence-electron chi connectivity index (χ1n) is 6.29. The predicted octanol–water partition coefficient (Wildman–Crippen LogP) is 2.78. The lowest BCUT2D eigenvalue weighted by Crippen LogP contribution is -2.40. The third-order valence-electron chi connectivity index (χ3n) is 3.32. The summed E-state index contributed by atoms with van der Waals surface area (Å²) in [5.74, 6) is -0.0567. The summed E-state index contributed by atoms with van der Waals surface area (Å²) < 4.78 is 0. The molecule has 1 aromatic carbocycles. The van der Waals surface area contributed by atoms with Gasteiger partial charge in [0.1, 0.15) is 0 Å². The molecule has 0 aromatic heterocycles. The summed E-state index contributed by atoms with van der Waals surface area (Å²) in [5.41, 5.74) is 6.34. The minimum atomic E-state index is -0.0567. The van der Waals surface area contributed by atoms with E-state index in [2.05, 4.69) is 10.2 Å². The number of nitrogens with zero attached hydrogens (tertiary/aromatic N) is 1. The third-order valence-corrected chi connectivity index (χ3v) is 4.06. The first-order valence-corrected chi connectivity index (χ1v) is 7.05. The summed E-state index contributed by atoms with van der Waals surface area (Å²) in [5, 5.41) is 3.72. The zero-order chi connectivity index (χ0) is 13.8. The maximum Gasteiger partial charge on any atom is 0.238 e. The number of carbonyl (C=O) groups is 1. The van der Waals surface area contributed by atoms with Gasteiger partial charge < -0.3 is 11.1 Å². The molecule has 0 aliphatic carbocycles. The quantitative estimate of drug-likeness (QED) is 0.887. The lowest BCUT2D eigenvalue weighted by molar-refractivity contribution is -0.117. The van der Waals surface area contributed by atoms with Crippen molar-refractivity contribution < 1.29 is 4.79 Å². The third kappa shape index (κ3) is 4.50. The van der Waals surface area contributed by atoms with E-state index in [4.69, 9.17) is 28.9 Å². The van der Waals surface area contributed by atoms with Gasteiger partial charge in [-0.2, -0.15) is 0 Å². The Hall–Kier alpha value is -0.520. The molecule has 0 bridgehead atoms. The van der Waals surface area contributed by atoms with E-state index in [-0.39, 0.29) is 18.3 Å². The van der Waals surface area contributed by atoms with Gasteiger partial charge in [-0.05, 0) is 37.6 Å². The van der Waals surface area contributed by atoms with Crippen LogP contribution in [0.1, 0.15) is 12.8 Å². The van der Waals surface area contributed by atoms with Crippen molar-refractivity contribution in [2.45, 2.75) is 18.9 Å². The minimum absolute atomic E-state index is 0. The Bertz CT molecular complexity index is 470. The molecule has 20 heavy (non-hydrogen) atoms. The van der Waals surface area contributed by atoms with Crippen LogP contribution in [0.4, 0.5) is 5.69 Å². The Morgan fingerprint density at radius 3 is 2.80 bits per heavy atom. The zero-order valence-corrected chi connectivity index (χ0v) is 13.3. The van der Waals surface area contributed by atoms with Crippen LogP contribution in [0.3, 0.4) is 0 Å². The zero-order valence-electron chi connectivity index (χ0n) is 10.9. The van der Waals surface area contributed by atoms with Gasteiger partial charge in [0, 0.05) is 18.3 Å². The molecule has 4 nitrogen and oxygen atoms in total. The van der Waals surface area contributed by atoms with Crippen LogP contribution in [-0.4, -0.2) is 36.5 Å². The number of benzene rings is 1. The number of rotatable bonds is 4. The maximum absolute atomic E-state index is 12.0. The van der Waals surface area contributed by atoms with E-state index in [1.165, 1.54) is 0 Å². The molecule has 3 N–H and O–H groups in total. The van der Waals surface area contributed by atoms with Gasteiger partial charge in [0.05, 0.1) is 16.6 Å². The van der Waals surface area contributed by atoms with Crippen molar-refractivity contribution in [1.82, 2.24) is 4.90 Å². The summed E-state index contributed by atoms with van der Waals surface area (Å²) in [4.78, 5) is 14.1. The van der Waals surface area contributed by atoms with E-state index in [0.717, 1.165) is 19.4 Å². The molecule has 0 radical (unpaired) electrons. The van der Waals surface area contributed by atoms with Crippen molar-refractivity contribution in [2.24, 2.45) is 5.73 Å².